The van der Waals surface area contributed by atoms with Gasteiger partial charge in [0.25, 0.3) is 0 Å². The molecule has 0 amide bonds. The van der Waals surface area contributed by atoms with Crippen molar-refractivity contribution in [2.24, 2.45) is 5.73 Å². The Balaban J connectivity index is 1.90. The van der Waals surface area contributed by atoms with E-state index in [4.69, 9.17) is 15.2 Å². The molecule has 0 saturated carbocycles. The van der Waals surface area contributed by atoms with E-state index in [1.165, 1.54) is 0 Å². The van der Waals surface area contributed by atoms with Gasteiger partial charge in [0.05, 0.1) is 18.8 Å². The van der Waals surface area contributed by atoms with Crippen molar-refractivity contribution in [2.45, 2.75) is 39.7 Å². The van der Waals surface area contributed by atoms with Crippen LogP contribution in [-0.2, 0) is 6.42 Å². The van der Waals surface area contributed by atoms with E-state index in [1.807, 2.05) is 51.1 Å². The predicted molar refractivity (Wildman–Crippen MR) is 114 cm³/mol. The lowest BCUT2D eigenvalue weighted by Crippen LogP contribution is -2.18. The fraction of sp³-hybridized carbons (Fsp3) is 0.333. The van der Waals surface area contributed by atoms with Crippen LogP contribution in [0, 0.1) is 6.92 Å². The number of pyridine rings is 1. The van der Waals surface area contributed by atoms with Gasteiger partial charge in [-0.3, -0.25) is 4.79 Å². The van der Waals surface area contributed by atoms with Crippen LogP contribution >= 0.6 is 0 Å². The number of ketones is 1. The van der Waals surface area contributed by atoms with Crippen molar-refractivity contribution in [3.8, 4) is 11.6 Å². The van der Waals surface area contributed by atoms with Crippen molar-refractivity contribution >= 4 is 16.6 Å². The first-order chi connectivity index (χ1) is 14.0. The molecule has 0 fully saturated rings. The first kappa shape index (κ1) is 19.4. The Morgan fingerprint density at radius 1 is 1.28 bits per heavy atom. The van der Waals surface area contributed by atoms with Crippen LogP contribution in [0.4, 0.5) is 0 Å². The Labute approximate surface area is 170 Å². The molecule has 5 heteroatoms. The number of aromatic nitrogens is 1. The number of carbonyl (C=O) groups is 1. The van der Waals surface area contributed by atoms with E-state index in [2.05, 4.69) is 4.98 Å². The minimum Gasteiger partial charge on any atom is -0.493 e. The topological polar surface area (TPSA) is 74.4 Å². The van der Waals surface area contributed by atoms with Gasteiger partial charge in [-0.25, -0.2) is 4.98 Å². The largest absolute Gasteiger partial charge is 0.493 e. The number of nitrogens with two attached hydrogens (primary N) is 1. The van der Waals surface area contributed by atoms with E-state index >= 15 is 0 Å². The lowest BCUT2D eigenvalue weighted by Gasteiger charge is -2.24. The molecular weight excluding hydrogens is 364 g/mol. The third kappa shape index (κ3) is 3.36. The molecule has 1 aliphatic heterocycles. The third-order valence-corrected chi connectivity index (χ3v) is 5.44. The van der Waals surface area contributed by atoms with Gasteiger partial charge < -0.3 is 15.2 Å². The zero-order valence-corrected chi connectivity index (χ0v) is 17.1. The van der Waals surface area contributed by atoms with Crippen molar-refractivity contribution in [3.63, 3.8) is 0 Å². The Morgan fingerprint density at radius 2 is 2.10 bits per heavy atom. The van der Waals surface area contributed by atoms with Crippen molar-refractivity contribution in [2.75, 3.05) is 13.2 Å². The highest BCUT2D eigenvalue weighted by Crippen LogP contribution is 2.37. The van der Waals surface area contributed by atoms with Gasteiger partial charge in [-0.2, -0.15) is 0 Å². The van der Waals surface area contributed by atoms with Crippen molar-refractivity contribution in [1.29, 1.82) is 0 Å². The van der Waals surface area contributed by atoms with Gasteiger partial charge in [0.1, 0.15) is 5.75 Å². The molecule has 0 spiro atoms. The van der Waals surface area contributed by atoms with Gasteiger partial charge in [0.2, 0.25) is 5.88 Å². The van der Waals surface area contributed by atoms with Gasteiger partial charge in [-0.1, -0.05) is 18.2 Å². The van der Waals surface area contributed by atoms with Crippen LogP contribution in [0.25, 0.3) is 10.8 Å². The van der Waals surface area contributed by atoms with Gasteiger partial charge >= 0.3 is 0 Å². The molecule has 0 aliphatic carbocycles. The van der Waals surface area contributed by atoms with Gasteiger partial charge in [0, 0.05) is 28.6 Å². The average molecular weight is 390 g/mol. The number of hydrogen-bond donors (Lipinski definition) is 1. The highest BCUT2D eigenvalue weighted by atomic mass is 16.5. The molecule has 5 nitrogen and oxygen atoms in total. The molecule has 2 N–H and O–H groups in total. The number of aryl methyl sites for hydroxylation is 1. The molecular formula is C24H26N2O3. The fourth-order valence-electron chi connectivity index (χ4n) is 4.13. The summed E-state index contributed by atoms with van der Waals surface area (Å²) >= 11 is 0. The van der Waals surface area contributed by atoms with Crippen molar-refractivity contribution in [1.82, 2.24) is 4.98 Å². The fourth-order valence-corrected chi connectivity index (χ4v) is 4.13. The maximum Gasteiger partial charge on any atom is 0.221 e. The van der Waals surface area contributed by atoms with E-state index in [0.29, 0.717) is 36.0 Å². The SMILES string of the molecule is CCOc1ncc(C)c2c(C(=O)c3ccc([C@@H](C)N)c4c3OCCC4)cccc12. The second kappa shape index (κ2) is 7.84. The maximum absolute atomic E-state index is 13.7. The number of fused-ring (bicyclic) bond motifs is 2. The number of hydrogen-bond acceptors (Lipinski definition) is 5. The summed E-state index contributed by atoms with van der Waals surface area (Å²) in [5.74, 6) is 1.18. The molecule has 150 valence electrons. The van der Waals surface area contributed by atoms with Crippen LogP contribution in [0.15, 0.2) is 36.5 Å². The number of nitrogens with zero attached hydrogens (tertiary/aromatic N) is 1. The summed E-state index contributed by atoms with van der Waals surface area (Å²) < 4.78 is 11.7. The van der Waals surface area contributed by atoms with E-state index < -0.39 is 0 Å². The molecule has 3 aromatic rings. The van der Waals surface area contributed by atoms with Gasteiger partial charge in [-0.05, 0) is 62.4 Å². The normalized spacial score (nSPS) is 14.2. The van der Waals surface area contributed by atoms with Crippen molar-refractivity contribution in [3.05, 3.63) is 64.3 Å². The molecule has 1 atom stereocenters. The van der Waals surface area contributed by atoms with E-state index in [1.54, 1.807) is 6.20 Å². The Morgan fingerprint density at radius 3 is 2.86 bits per heavy atom. The molecule has 2 heterocycles. The summed E-state index contributed by atoms with van der Waals surface area (Å²) in [4.78, 5) is 18.1. The molecule has 0 unspecified atom stereocenters. The second-order valence-corrected chi connectivity index (χ2v) is 7.49. The van der Waals surface area contributed by atoms with Crippen LogP contribution in [0.1, 0.15) is 58.9 Å². The molecule has 29 heavy (non-hydrogen) atoms. The van der Waals surface area contributed by atoms with Crippen LogP contribution in [-0.4, -0.2) is 24.0 Å². The number of benzene rings is 2. The van der Waals surface area contributed by atoms with E-state index in [9.17, 15) is 4.79 Å². The average Bonchev–Trinajstić information content (AvgIpc) is 2.74. The minimum absolute atomic E-state index is 0.0540. The molecule has 4 rings (SSSR count). The Kier molecular flexibility index (Phi) is 5.24. The molecule has 0 bridgehead atoms. The molecule has 1 aromatic heterocycles. The summed E-state index contributed by atoms with van der Waals surface area (Å²) in [7, 11) is 0. The summed E-state index contributed by atoms with van der Waals surface area (Å²) in [5.41, 5.74) is 10.4. The second-order valence-electron chi connectivity index (χ2n) is 7.49. The van der Waals surface area contributed by atoms with Crippen LogP contribution < -0.4 is 15.2 Å². The Hall–Kier alpha value is -2.92. The third-order valence-electron chi connectivity index (χ3n) is 5.44. The monoisotopic (exact) mass is 390 g/mol. The van der Waals surface area contributed by atoms with Crippen LogP contribution in [0.5, 0.6) is 11.6 Å². The van der Waals surface area contributed by atoms with Gasteiger partial charge in [-0.15, -0.1) is 0 Å². The number of ether oxygens (including phenoxy) is 2. The van der Waals surface area contributed by atoms with E-state index in [0.717, 1.165) is 40.3 Å². The van der Waals surface area contributed by atoms with Gasteiger partial charge in [0.15, 0.2) is 5.78 Å². The minimum atomic E-state index is -0.103. The lowest BCUT2D eigenvalue weighted by atomic mass is 9.89. The number of carbonyl (C=O) groups excluding carboxylic acids is 1. The highest BCUT2D eigenvalue weighted by molar-refractivity contribution is 6.18. The maximum atomic E-state index is 13.7. The summed E-state index contributed by atoms with van der Waals surface area (Å²) in [6.07, 6.45) is 3.57. The first-order valence-corrected chi connectivity index (χ1v) is 10.1. The summed E-state index contributed by atoms with van der Waals surface area (Å²) in [6.45, 7) is 6.98. The zero-order valence-electron chi connectivity index (χ0n) is 17.1. The molecule has 0 saturated heterocycles. The predicted octanol–water partition coefficient (Wildman–Crippen LogP) is 4.52. The quantitative estimate of drug-likeness (QED) is 0.649. The molecule has 0 radical (unpaired) electrons. The molecule has 1 aliphatic rings. The zero-order chi connectivity index (χ0) is 20.5. The van der Waals surface area contributed by atoms with E-state index in [-0.39, 0.29) is 11.8 Å². The smallest absolute Gasteiger partial charge is 0.221 e. The standard InChI is InChI=1S/C24H26N2O3/c1-4-28-24-19-8-5-7-18(21(19)14(2)13-26-24)22(27)20-11-10-16(15(3)25)17-9-6-12-29-23(17)20/h5,7-8,10-11,13,15H,4,6,9,12,25H2,1-3H3/t15-/m1/s1. The lowest BCUT2D eigenvalue weighted by molar-refractivity contribution is 0.103. The van der Waals surface area contributed by atoms with Crippen LogP contribution in [0.2, 0.25) is 0 Å². The van der Waals surface area contributed by atoms with Crippen LogP contribution in [0.3, 0.4) is 0 Å². The summed E-state index contributed by atoms with van der Waals surface area (Å²) in [6, 6.07) is 9.41. The summed E-state index contributed by atoms with van der Waals surface area (Å²) in [5, 5.41) is 1.72. The van der Waals surface area contributed by atoms with Crippen molar-refractivity contribution < 1.29 is 14.3 Å². The highest BCUT2D eigenvalue weighted by Gasteiger charge is 2.25. The first-order valence-electron chi connectivity index (χ1n) is 10.1. The molecule has 2 aromatic carbocycles. The number of rotatable bonds is 5. The Bertz CT molecular complexity index is 1090.